The minimum absolute atomic E-state index is 0.0681. The van der Waals surface area contributed by atoms with Gasteiger partial charge in [0.05, 0.1) is 0 Å². The first-order valence-corrected chi connectivity index (χ1v) is 9.64. The van der Waals surface area contributed by atoms with Crippen LogP contribution in [0.25, 0.3) is 0 Å². The van der Waals surface area contributed by atoms with Gasteiger partial charge in [0, 0.05) is 0 Å². The van der Waals surface area contributed by atoms with Gasteiger partial charge in [-0.15, -0.1) is 0 Å². The van der Waals surface area contributed by atoms with Crippen molar-refractivity contribution >= 4 is 5.97 Å². The Hall–Kier alpha value is 0.160. The van der Waals surface area contributed by atoms with Crippen LogP contribution in [-0.4, -0.2) is 15.6 Å². The van der Waals surface area contributed by atoms with E-state index in [1.165, 1.54) is 38.5 Å². The summed E-state index contributed by atoms with van der Waals surface area (Å²) in [6.07, 6.45) is 9.92. The number of ether oxygens (including phenoxy) is 1. The molecule has 104 valence electrons. The number of esters is 1. The van der Waals surface area contributed by atoms with Crippen molar-refractivity contribution in [3.8, 4) is 0 Å². The SMILES string of the molecule is CC(C(=O)OC1(C2CCCC2)CCCC1)C1N[I-]1. The number of hydrogen-bond donors (Lipinski definition) is 1. The fourth-order valence-corrected chi connectivity index (χ4v) is 5.24. The Morgan fingerprint density at radius 1 is 1.28 bits per heavy atom. The molecule has 3 fully saturated rings. The van der Waals surface area contributed by atoms with Crippen LogP contribution in [0.3, 0.4) is 0 Å². The first-order valence-electron chi connectivity index (χ1n) is 7.32. The predicted molar refractivity (Wildman–Crippen MR) is 65.3 cm³/mol. The van der Waals surface area contributed by atoms with Gasteiger partial charge in [-0.1, -0.05) is 0 Å². The zero-order valence-corrected chi connectivity index (χ0v) is 13.2. The molecular formula is C14H23INO2-. The first-order chi connectivity index (χ1) is 8.71. The molecule has 2 aliphatic carbocycles. The molecule has 0 spiro atoms. The molecule has 2 unspecified atom stereocenters. The monoisotopic (exact) mass is 364 g/mol. The van der Waals surface area contributed by atoms with Crippen molar-refractivity contribution in [3.63, 3.8) is 0 Å². The van der Waals surface area contributed by atoms with Crippen molar-refractivity contribution in [2.45, 2.75) is 67.9 Å². The summed E-state index contributed by atoms with van der Waals surface area (Å²) in [5, 5.41) is 0. The van der Waals surface area contributed by atoms with Gasteiger partial charge < -0.3 is 0 Å². The van der Waals surface area contributed by atoms with Crippen molar-refractivity contribution < 1.29 is 31.0 Å². The molecule has 0 aromatic carbocycles. The third kappa shape index (κ3) is 2.55. The molecule has 3 aliphatic rings. The molecule has 0 aromatic rings. The molecule has 4 heteroatoms. The molecule has 3 nitrogen and oxygen atoms in total. The van der Waals surface area contributed by atoms with Crippen LogP contribution in [0.5, 0.6) is 0 Å². The summed E-state index contributed by atoms with van der Waals surface area (Å²) in [6.45, 7) is 2.03. The van der Waals surface area contributed by atoms with E-state index in [2.05, 4.69) is 3.53 Å². The molecule has 2 saturated carbocycles. The molecule has 1 heterocycles. The summed E-state index contributed by atoms with van der Waals surface area (Å²) in [6, 6.07) is 0. The molecule has 18 heavy (non-hydrogen) atoms. The van der Waals surface area contributed by atoms with Gasteiger partial charge in [0.15, 0.2) is 0 Å². The van der Waals surface area contributed by atoms with Gasteiger partial charge in [-0.2, -0.15) is 0 Å². The summed E-state index contributed by atoms with van der Waals surface area (Å²) >= 11 is 0.102. The maximum atomic E-state index is 12.3. The number of hydrogen-bond acceptors (Lipinski definition) is 3. The summed E-state index contributed by atoms with van der Waals surface area (Å²) in [7, 11) is 0. The van der Waals surface area contributed by atoms with E-state index in [1.807, 2.05) is 6.92 Å². The summed E-state index contributed by atoms with van der Waals surface area (Å²) < 4.78 is 9.90. The Morgan fingerprint density at radius 3 is 2.44 bits per heavy atom. The minimum atomic E-state index is -0.0744. The van der Waals surface area contributed by atoms with Gasteiger partial charge in [0.25, 0.3) is 0 Å². The molecule has 1 aliphatic heterocycles. The molecule has 2 atom stereocenters. The quantitative estimate of drug-likeness (QED) is 0.185. The molecule has 0 bridgehead atoms. The number of carbonyl (C=O) groups is 1. The Labute approximate surface area is 120 Å². The topological polar surface area (TPSA) is 48.2 Å². The summed E-state index contributed by atoms with van der Waals surface area (Å²) in [5.41, 5.74) is -0.0744. The van der Waals surface area contributed by atoms with Crippen LogP contribution in [0.4, 0.5) is 0 Å². The zero-order valence-electron chi connectivity index (χ0n) is 11.1. The van der Waals surface area contributed by atoms with Gasteiger partial charge in [-0.25, -0.2) is 0 Å². The fourth-order valence-electron chi connectivity index (χ4n) is 3.66. The van der Waals surface area contributed by atoms with Crippen molar-refractivity contribution in [1.82, 2.24) is 3.53 Å². The van der Waals surface area contributed by atoms with E-state index < -0.39 is 0 Å². The molecule has 0 aromatic heterocycles. The predicted octanol–water partition coefficient (Wildman–Crippen LogP) is -0.398. The summed E-state index contributed by atoms with van der Waals surface area (Å²) in [5.74, 6) is 0.799. The number of halogens is 1. The average Bonchev–Trinajstić information content (AvgIpc) is 2.88. The number of carbonyl (C=O) groups excluding carboxylic acids is 1. The van der Waals surface area contributed by atoms with Gasteiger partial charge in [0.2, 0.25) is 0 Å². The van der Waals surface area contributed by atoms with Crippen LogP contribution in [-0.2, 0) is 9.53 Å². The van der Waals surface area contributed by atoms with Crippen LogP contribution >= 0.6 is 0 Å². The third-order valence-corrected chi connectivity index (χ3v) is 7.32. The van der Waals surface area contributed by atoms with Gasteiger partial charge >= 0.3 is 120 Å². The molecule has 1 saturated heterocycles. The van der Waals surface area contributed by atoms with Crippen molar-refractivity contribution in [2.24, 2.45) is 11.8 Å². The molecule has 0 radical (unpaired) electrons. The van der Waals surface area contributed by atoms with E-state index in [0.717, 1.165) is 12.8 Å². The van der Waals surface area contributed by atoms with Crippen molar-refractivity contribution in [1.29, 1.82) is 0 Å². The van der Waals surface area contributed by atoms with Crippen LogP contribution in [0.2, 0.25) is 0 Å². The van der Waals surface area contributed by atoms with E-state index in [4.69, 9.17) is 4.74 Å². The average molecular weight is 364 g/mol. The van der Waals surface area contributed by atoms with Crippen LogP contribution in [0.1, 0.15) is 58.3 Å². The number of rotatable bonds is 4. The van der Waals surface area contributed by atoms with E-state index >= 15 is 0 Å². The second-order valence-electron chi connectivity index (χ2n) is 6.08. The van der Waals surface area contributed by atoms with E-state index in [-0.39, 0.29) is 39.0 Å². The third-order valence-electron chi connectivity index (χ3n) is 4.90. The zero-order chi connectivity index (χ0) is 12.6. The fraction of sp³-hybridized carbons (Fsp3) is 0.929. The Kier molecular flexibility index (Phi) is 3.85. The van der Waals surface area contributed by atoms with E-state index in [0.29, 0.717) is 9.97 Å². The molecule has 0 amide bonds. The Balaban J connectivity index is 1.67. The number of nitrogens with one attached hydrogen (secondary N) is 1. The second kappa shape index (κ2) is 5.27. The van der Waals surface area contributed by atoms with Crippen LogP contribution in [0, 0.1) is 11.8 Å². The van der Waals surface area contributed by atoms with Crippen molar-refractivity contribution in [3.05, 3.63) is 0 Å². The number of alkyl halides is 1. The standard InChI is InChI=1S/C14H23INO2/c1-10(12-15-16-12)13(17)18-14(8-4-5-9-14)11-6-2-3-7-11/h10-12,16H,2-9H2,1H3/q-1. The molecular weight excluding hydrogens is 341 g/mol. The van der Waals surface area contributed by atoms with E-state index in [9.17, 15) is 4.79 Å². The Bertz CT molecular complexity index is 318. The summed E-state index contributed by atoms with van der Waals surface area (Å²) in [4.78, 5) is 12.3. The maximum absolute atomic E-state index is 12.3. The van der Waals surface area contributed by atoms with Gasteiger partial charge in [0.1, 0.15) is 0 Å². The normalized spacial score (nSPS) is 32.8. The first kappa shape index (κ1) is 13.2. The van der Waals surface area contributed by atoms with Gasteiger partial charge in [-0.05, 0) is 0 Å². The van der Waals surface area contributed by atoms with Crippen molar-refractivity contribution in [2.75, 3.05) is 0 Å². The van der Waals surface area contributed by atoms with Gasteiger partial charge in [-0.3, -0.25) is 0 Å². The second-order valence-corrected chi connectivity index (χ2v) is 8.67. The Morgan fingerprint density at radius 2 is 1.89 bits per heavy atom. The van der Waals surface area contributed by atoms with E-state index in [1.54, 1.807) is 0 Å². The van der Waals surface area contributed by atoms with Crippen LogP contribution < -0.4 is 25.0 Å². The molecule has 3 rings (SSSR count). The van der Waals surface area contributed by atoms with Crippen LogP contribution in [0.15, 0.2) is 0 Å². The molecule has 1 N–H and O–H groups in total.